The number of hydrogen-bond acceptors (Lipinski definition) is 5. The molecule has 0 saturated carbocycles. The van der Waals surface area contributed by atoms with Gasteiger partial charge in [0.05, 0.1) is 23.9 Å². The molecule has 0 N–H and O–H groups in total. The van der Waals surface area contributed by atoms with Crippen LogP contribution in [0.5, 0.6) is 5.75 Å². The fourth-order valence-corrected chi connectivity index (χ4v) is 4.57. The summed E-state index contributed by atoms with van der Waals surface area (Å²) in [6.45, 7) is 9.56. The summed E-state index contributed by atoms with van der Waals surface area (Å²) in [5.74, 6) is -0.192. The van der Waals surface area contributed by atoms with Crippen LogP contribution in [-0.4, -0.2) is 72.8 Å². The lowest BCUT2D eigenvalue weighted by Gasteiger charge is -2.41. The minimum atomic E-state index is -0.588. The van der Waals surface area contributed by atoms with Crippen LogP contribution in [0.3, 0.4) is 0 Å². The number of carbonyl (C=O) groups is 3. The second kappa shape index (κ2) is 6.99. The first-order chi connectivity index (χ1) is 13.8. The van der Waals surface area contributed by atoms with Crippen molar-refractivity contribution in [3.05, 3.63) is 29.3 Å². The summed E-state index contributed by atoms with van der Waals surface area (Å²) in [6.07, 6.45) is 2.62. The summed E-state index contributed by atoms with van der Waals surface area (Å²) in [5.41, 5.74) is 2.49. The molecule has 3 heterocycles. The van der Waals surface area contributed by atoms with Gasteiger partial charge in [0, 0.05) is 44.7 Å². The van der Waals surface area contributed by atoms with E-state index < -0.39 is 17.2 Å². The van der Waals surface area contributed by atoms with Crippen molar-refractivity contribution >= 4 is 28.9 Å². The molecular weight excluding hydrogens is 370 g/mol. The summed E-state index contributed by atoms with van der Waals surface area (Å²) >= 11 is 0. The molecular formula is C22H27N3O4. The minimum Gasteiger partial charge on any atom is -0.497 e. The smallest absolute Gasteiger partial charge is 0.300 e. The number of ketones is 1. The number of ether oxygens (including phenoxy) is 1. The molecule has 0 aliphatic carbocycles. The molecule has 4 rings (SSSR count). The third kappa shape index (κ3) is 3.13. The molecule has 1 aromatic rings. The van der Waals surface area contributed by atoms with Crippen LogP contribution in [0.4, 0.5) is 5.69 Å². The molecule has 7 nitrogen and oxygen atoms in total. The molecule has 0 atom stereocenters. The number of hydrogen-bond donors (Lipinski definition) is 0. The molecule has 2 amide bonds. The maximum atomic E-state index is 12.7. The van der Waals surface area contributed by atoms with Crippen molar-refractivity contribution in [1.29, 1.82) is 0 Å². The summed E-state index contributed by atoms with van der Waals surface area (Å²) in [4.78, 5) is 43.1. The predicted molar refractivity (Wildman–Crippen MR) is 110 cm³/mol. The number of rotatable bonds is 4. The van der Waals surface area contributed by atoms with Crippen LogP contribution in [0.15, 0.2) is 18.2 Å². The number of Topliss-reactive ketones (excluding diaryl/α,β-unsaturated/α-hetero) is 1. The zero-order valence-corrected chi connectivity index (χ0v) is 17.4. The second-order valence-corrected chi connectivity index (χ2v) is 8.37. The van der Waals surface area contributed by atoms with Crippen LogP contribution in [-0.2, 0) is 9.59 Å². The molecule has 7 heteroatoms. The number of amides is 2. The van der Waals surface area contributed by atoms with Gasteiger partial charge in [0.1, 0.15) is 5.75 Å². The quantitative estimate of drug-likeness (QED) is 0.727. The van der Waals surface area contributed by atoms with E-state index in [0.717, 1.165) is 37.3 Å². The normalized spacial score (nSPS) is 20.6. The molecule has 0 aromatic heterocycles. The van der Waals surface area contributed by atoms with Gasteiger partial charge in [-0.15, -0.1) is 0 Å². The van der Waals surface area contributed by atoms with Gasteiger partial charge >= 0.3 is 0 Å². The van der Waals surface area contributed by atoms with Gasteiger partial charge in [0.2, 0.25) is 5.91 Å². The van der Waals surface area contributed by atoms with E-state index in [-0.39, 0.29) is 5.91 Å². The number of carbonyl (C=O) groups excluding carboxylic acids is 3. The van der Waals surface area contributed by atoms with Crippen molar-refractivity contribution in [2.24, 2.45) is 0 Å². The van der Waals surface area contributed by atoms with Crippen molar-refractivity contribution in [2.45, 2.75) is 32.7 Å². The Morgan fingerprint density at radius 1 is 1.10 bits per heavy atom. The average molecular weight is 397 g/mol. The van der Waals surface area contributed by atoms with Crippen LogP contribution in [0, 0.1) is 0 Å². The Balaban J connectivity index is 1.66. The number of anilines is 1. The van der Waals surface area contributed by atoms with Gasteiger partial charge in [0.25, 0.3) is 11.7 Å². The lowest BCUT2D eigenvalue weighted by atomic mass is 9.87. The van der Waals surface area contributed by atoms with Crippen molar-refractivity contribution in [3.63, 3.8) is 0 Å². The summed E-state index contributed by atoms with van der Waals surface area (Å²) < 4.78 is 5.40. The molecule has 0 radical (unpaired) electrons. The number of nitrogens with zero attached hydrogens (tertiary/aromatic N) is 3. The van der Waals surface area contributed by atoms with E-state index in [1.165, 1.54) is 0 Å². The Labute approximate surface area is 170 Å². The van der Waals surface area contributed by atoms with E-state index in [9.17, 15) is 14.4 Å². The molecule has 1 saturated heterocycles. The molecule has 0 spiro atoms. The SMILES string of the molecule is CCC(=O)N1CCN(CC2=CC(C)(C)N3C(=O)C(=O)c4cc(OC)cc2c43)CC1. The average Bonchev–Trinajstić information content (AvgIpc) is 2.97. The number of piperazine rings is 1. The van der Waals surface area contributed by atoms with E-state index in [0.29, 0.717) is 30.0 Å². The van der Waals surface area contributed by atoms with Crippen LogP contribution < -0.4 is 9.64 Å². The van der Waals surface area contributed by atoms with Crippen molar-refractivity contribution in [1.82, 2.24) is 9.80 Å². The molecule has 3 aliphatic heterocycles. The van der Waals surface area contributed by atoms with Crippen LogP contribution >= 0.6 is 0 Å². The van der Waals surface area contributed by atoms with E-state index in [1.54, 1.807) is 18.1 Å². The van der Waals surface area contributed by atoms with Crippen molar-refractivity contribution in [2.75, 3.05) is 44.7 Å². The predicted octanol–water partition coefficient (Wildman–Crippen LogP) is 1.95. The maximum absolute atomic E-state index is 12.7. The third-order valence-electron chi connectivity index (χ3n) is 6.06. The zero-order valence-electron chi connectivity index (χ0n) is 17.4. The Morgan fingerprint density at radius 2 is 1.76 bits per heavy atom. The molecule has 154 valence electrons. The fourth-order valence-electron chi connectivity index (χ4n) is 4.57. The van der Waals surface area contributed by atoms with Gasteiger partial charge in [0.15, 0.2) is 0 Å². The summed E-state index contributed by atoms with van der Waals surface area (Å²) in [5, 5.41) is 0. The van der Waals surface area contributed by atoms with Gasteiger partial charge in [-0.3, -0.25) is 24.2 Å². The molecule has 1 fully saturated rings. The molecule has 0 bridgehead atoms. The van der Waals surface area contributed by atoms with Gasteiger partial charge in [-0.2, -0.15) is 0 Å². The highest BCUT2D eigenvalue weighted by Crippen LogP contribution is 2.47. The summed E-state index contributed by atoms with van der Waals surface area (Å²) in [6, 6.07) is 3.57. The highest BCUT2D eigenvalue weighted by Gasteiger charge is 2.47. The Kier molecular flexibility index (Phi) is 4.73. The molecule has 0 unspecified atom stereocenters. The van der Waals surface area contributed by atoms with Crippen molar-refractivity contribution in [3.8, 4) is 5.75 Å². The maximum Gasteiger partial charge on any atom is 0.300 e. The van der Waals surface area contributed by atoms with Crippen molar-refractivity contribution < 1.29 is 19.1 Å². The minimum absolute atomic E-state index is 0.195. The second-order valence-electron chi connectivity index (χ2n) is 8.37. The topological polar surface area (TPSA) is 70.2 Å². The standard InChI is InChI=1S/C22H27N3O4/c1-5-18(26)24-8-6-23(7-9-24)13-14-12-22(2,3)25-19-16(14)10-15(29-4)11-17(19)20(27)21(25)28/h10-12H,5-9,13H2,1-4H3. The van der Waals surface area contributed by atoms with E-state index >= 15 is 0 Å². The highest BCUT2D eigenvalue weighted by atomic mass is 16.5. The highest BCUT2D eigenvalue weighted by molar-refractivity contribution is 6.53. The first kappa shape index (κ1) is 19.6. The van der Waals surface area contributed by atoms with E-state index in [2.05, 4.69) is 11.0 Å². The van der Waals surface area contributed by atoms with Crippen LogP contribution in [0.1, 0.15) is 43.1 Å². The number of benzene rings is 1. The van der Waals surface area contributed by atoms with Crippen LogP contribution in [0.25, 0.3) is 5.57 Å². The Morgan fingerprint density at radius 3 is 2.38 bits per heavy atom. The molecule has 29 heavy (non-hydrogen) atoms. The molecule has 3 aliphatic rings. The first-order valence-corrected chi connectivity index (χ1v) is 10.1. The van der Waals surface area contributed by atoms with Gasteiger partial charge in [-0.05, 0) is 31.6 Å². The Bertz CT molecular complexity index is 926. The van der Waals surface area contributed by atoms with Gasteiger partial charge in [-0.1, -0.05) is 13.0 Å². The summed E-state index contributed by atoms with van der Waals surface area (Å²) in [7, 11) is 1.56. The fraction of sp³-hybridized carbons (Fsp3) is 0.500. The number of methoxy groups -OCH3 is 1. The molecule has 1 aromatic carbocycles. The van der Waals surface area contributed by atoms with Crippen LogP contribution in [0.2, 0.25) is 0 Å². The van der Waals surface area contributed by atoms with Gasteiger partial charge < -0.3 is 9.64 Å². The third-order valence-corrected chi connectivity index (χ3v) is 6.06. The van der Waals surface area contributed by atoms with Gasteiger partial charge in [-0.25, -0.2) is 0 Å². The monoisotopic (exact) mass is 397 g/mol. The largest absolute Gasteiger partial charge is 0.497 e. The van der Waals surface area contributed by atoms with E-state index in [1.807, 2.05) is 31.7 Å². The zero-order chi connectivity index (χ0) is 20.9. The lowest BCUT2D eigenvalue weighted by molar-refractivity contribution is -0.132. The first-order valence-electron chi connectivity index (χ1n) is 10.1. The lowest BCUT2D eigenvalue weighted by Crippen LogP contribution is -2.50. The Hall–Kier alpha value is -2.67. The van der Waals surface area contributed by atoms with E-state index in [4.69, 9.17) is 4.74 Å².